The summed E-state index contributed by atoms with van der Waals surface area (Å²) in [6.45, 7) is 5.63. The summed E-state index contributed by atoms with van der Waals surface area (Å²) in [4.78, 5) is 2.58. The molecule has 0 aromatic heterocycles. The smallest absolute Gasteiger partial charge is 0.0621 e. The lowest BCUT2D eigenvalue weighted by atomic mass is 9.93. The second-order valence-corrected chi connectivity index (χ2v) is 7.90. The first-order chi connectivity index (χ1) is 13.2. The van der Waals surface area contributed by atoms with Crippen molar-refractivity contribution < 1.29 is 0 Å². The molecule has 3 atom stereocenters. The van der Waals surface area contributed by atoms with Crippen molar-refractivity contribution >= 4 is 0 Å². The molecule has 1 N–H and O–H groups in total. The van der Waals surface area contributed by atoms with Gasteiger partial charge in [-0.2, -0.15) is 5.26 Å². The van der Waals surface area contributed by atoms with Gasteiger partial charge in [0.25, 0.3) is 0 Å². The monoisotopic (exact) mass is 361 g/mol. The number of benzene rings is 2. The van der Waals surface area contributed by atoms with E-state index in [4.69, 9.17) is 5.26 Å². The summed E-state index contributed by atoms with van der Waals surface area (Å²) in [5.41, 5.74) is 2.72. The van der Waals surface area contributed by atoms with E-state index in [-0.39, 0.29) is 0 Å². The molecule has 3 unspecified atom stereocenters. The maximum absolute atomic E-state index is 8.90. The van der Waals surface area contributed by atoms with E-state index in [1.165, 1.54) is 17.5 Å². The van der Waals surface area contributed by atoms with Crippen LogP contribution < -0.4 is 5.32 Å². The zero-order valence-electron chi connectivity index (χ0n) is 16.3. The molecule has 1 fully saturated rings. The van der Waals surface area contributed by atoms with E-state index in [1.54, 1.807) is 0 Å². The first-order valence-corrected chi connectivity index (χ1v) is 10.2. The highest BCUT2D eigenvalue weighted by Gasteiger charge is 2.26. The van der Waals surface area contributed by atoms with Gasteiger partial charge in [0.05, 0.1) is 6.07 Å². The molecule has 3 rings (SSSR count). The molecule has 1 aliphatic heterocycles. The number of likely N-dealkylation sites (tertiary alicyclic amines) is 1. The van der Waals surface area contributed by atoms with Gasteiger partial charge >= 0.3 is 0 Å². The number of hydrogen-bond acceptors (Lipinski definition) is 3. The van der Waals surface area contributed by atoms with Crippen molar-refractivity contribution in [3.05, 3.63) is 71.8 Å². The van der Waals surface area contributed by atoms with Gasteiger partial charge in [-0.25, -0.2) is 0 Å². The maximum atomic E-state index is 8.90. The predicted octanol–water partition coefficient (Wildman–Crippen LogP) is 4.92. The van der Waals surface area contributed by atoms with Crippen LogP contribution in [-0.4, -0.2) is 24.0 Å². The number of rotatable bonds is 8. The average molecular weight is 362 g/mol. The number of hydrogen-bond donors (Lipinski definition) is 1. The van der Waals surface area contributed by atoms with Gasteiger partial charge in [-0.15, -0.1) is 0 Å². The molecular formula is C24H31N3. The molecule has 142 valence electrons. The summed E-state index contributed by atoms with van der Waals surface area (Å²) < 4.78 is 0. The van der Waals surface area contributed by atoms with Gasteiger partial charge < -0.3 is 5.32 Å². The summed E-state index contributed by atoms with van der Waals surface area (Å²) >= 11 is 0. The highest BCUT2D eigenvalue weighted by atomic mass is 15.2. The van der Waals surface area contributed by atoms with Crippen LogP contribution in [0.1, 0.15) is 49.8 Å². The predicted molar refractivity (Wildman–Crippen MR) is 111 cm³/mol. The van der Waals surface area contributed by atoms with E-state index < -0.39 is 0 Å². The van der Waals surface area contributed by atoms with Gasteiger partial charge in [0.15, 0.2) is 0 Å². The standard InChI is InChI=1S/C24H31N3/c1-20-16-23(19-27(17-20)18-21-10-4-2-5-11-21)26-24(14-8-9-15-25)22-12-6-3-7-13-22/h2-7,10-13,20,23-24,26H,8-9,14,16-19H2,1H3. The summed E-state index contributed by atoms with van der Waals surface area (Å²) in [5.74, 6) is 0.690. The van der Waals surface area contributed by atoms with Crippen molar-refractivity contribution in [2.45, 2.75) is 51.2 Å². The molecule has 0 aliphatic carbocycles. The highest BCUT2D eigenvalue weighted by molar-refractivity contribution is 5.19. The number of unbranched alkanes of at least 4 members (excludes halogenated alkanes) is 1. The van der Waals surface area contributed by atoms with Crippen molar-refractivity contribution in [2.75, 3.05) is 13.1 Å². The summed E-state index contributed by atoms with van der Waals surface area (Å²) in [5, 5.41) is 12.8. The molecule has 1 saturated heterocycles. The van der Waals surface area contributed by atoms with Crippen LogP contribution in [0.3, 0.4) is 0 Å². The first kappa shape index (κ1) is 19.6. The van der Waals surface area contributed by atoms with Crippen LogP contribution in [0, 0.1) is 17.2 Å². The molecule has 3 heteroatoms. The zero-order valence-corrected chi connectivity index (χ0v) is 16.3. The molecule has 2 aromatic carbocycles. The zero-order chi connectivity index (χ0) is 18.9. The number of nitrogens with one attached hydrogen (secondary N) is 1. The SMILES string of the molecule is CC1CC(NC(CCCC#N)c2ccccc2)CN(Cc2ccccc2)C1. The van der Waals surface area contributed by atoms with Crippen molar-refractivity contribution in [2.24, 2.45) is 5.92 Å². The van der Waals surface area contributed by atoms with Crippen molar-refractivity contribution in [3.8, 4) is 6.07 Å². The van der Waals surface area contributed by atoms with Crippen molar-refractivity contribution in [3.63, 3.8) is 0 Å². The van der Waals surface area contributed by atoms with E-state index in [9.17, 15) is 0 Å². The van der Waals surface area contributed by atoms with Crippen molar-refractivity contribution in [1.29, 1.82) is 5.26 Å². The second kappa shape index (κ2) is 10.3. The van der Waals surface area contributed by atoms with E-state index in [1.807, 2.05) is 0 Å². The lowest BCUT2D eigenvalue weighted by Gasteiger charge is -2.39. The fourth-order valence-corrected chi connectivity index (χ4v) is 4.25. The Morgan fingerprint density at radius 1 is 1.07 bits per heavy atom. The van der Waals surface area contributed by atoms with Gasteiger partial charge in [-0.05, 0) is 36.3 Å². The van der Waals surface area contributed by atoms with Gasteiger partial charge in [-0.1, -0.05) is 67.6 Å². The molecule has 0 radical (unpaired) electrons. The molecule has 0 spiro atoms. The largest absolute Gasteiger partial charge is 0.306 e. The van der Waals surface area contributed by atoms with Crippen LogP contribution in [0.4, 0.5) is 0 Å². The molecule has 27 heavy (non-hydrogen) atoms. The minimum Gasteiger partial charge on any atom is -0.306 e. The van der Waals surface area contributed by atoms with Gasteiger partial charge in [-0.3, -0.25) is 4.90 Å². The van der Waals surface area contributed by atoms with Crippen LogP contribution in [0.25, 0.3) is 0 Å². The fraction of sp³-hybridized carbons (Fsp3) is 0.458. The highest BCUT2D eigenvalue weighted by Crippen LogP contribution is 2.24. The normalized spacial score (nSPS) is 21.5. The Bertz CT molecular complexity index is 707. The second-order valence-electron chi connectivity index (χ2n) is 7.90. The van der Waals surface area contributed by atoms with Crippen molar-refractivity contribution in [1.82, 2.24) is 10.2 Å². The third-order valence-electron chi connectivity index (χ3n) is 5.40. The Labute approximate surface area is 164 Å². The summed E-state index contributed by atoms with van der Waals surface area (Å²) in [6, 6.07) is 24.6. The quantitative estimate of drug-likeness (QED) is 0.678. The average Bonchev–Trinajstić information content (AvgIpc) is 2.68. The summed E-state index contributed by atoms with van der Waals surface area (Å²) in [6.07, 6.45) is 3.80. The van der Waals surface area contributed by atoms with E-state index in [2.05, 4.69) is 83.9 Å². The molecule has 1 heterocycles. The van der Waals surface area contributed by atoms with Crippen LogP contribution in [0.5, 0.6) is 0 Å². The lowest BCUT2D eigenvalue weighted by molar-refractivity contribution is 0.135. The Balaban J connectivity index is 1.64. The molecule has 1 aliphatic rings. The van der Waals surface area contributed by atoms with Crippen LogP contribution in [0.15, 0.2) is 60.7 Å². The Morgan fingerprint density at radius 2 is 1.78 bits per heavy atom. The molecule has 0 bridgehead atoms. The first-order valence-electron chi connectivity index (χ1n) is 10.2. The van der Waals surface area contributed by atoms with Crippen LogP contribution >= 0.6 is 0 Å². The van der Waals surface area contributed by atoms with E-state index >= 15 is 0 Å². The number of nitriles is 1. The molecule has 0 amide bonds. The number of piperidine rings is 1. The molecule has 3 nitrogen and oxygen atoms in total. The number of nitrogens with zero attached hydrogens (tertiary/aromatic N) is 2. The Hall–Kier alpha value is -2.15. The minimum atomic E-state index is 0.327. The van der Waals surface area contributed by atoms with Gasteiger partial charge in [0.1, 0.15) is 0 Å². The molecule has 2 aromatic rings. The third-order valence-corrected chi connectivity index (χ3v) is 5.40. The fourth-order valence-electron chi connectivity index (χ4n) is 4.25. The minimum absolute atomic E-state index is 0.327. The maximum Gasteiger partial charge on any atom is 0.0621 e. The Kier molecular flexibility index (Phi) is 7.45. The van der Waals surface area contributed by atoms with E-state index in [0.717, 1.165) is 32.5 Å². The van der Waals surface area contributed by atoms with Gasteiger partial charge in [0.2, 0.25) is 0 Å². The van der Waals surface area contributed by atoms with E-state index in [0.29, 0.717) is 24.4 Å². The summed E-state index contributed by atoms with van der Waals surface area (Å²) in [7, 11) is 0. The topological polar surface area (TPSA) is 39.1 Å². The molecule has 0 saturated carbocycles. The van der Waals surface area contributed by atoms with Crippen LogP contribution in [0.2, 0.25) is 0 Å². The van der Waals surface area contributed by atoms with Gasteiger partial charge in [0, 0.05) is 38.1 Å². The molecular weight excluding hydrogens is 330 g/mol. The van der Waals surface area contributed by atoms with Crippen LogP contribution in [-0.2, 0) is 6.54 Å². The Morgan fingerprint density at radius 3 is 2.48 bits per heavy atom. The third kappa shape index (κ3) is 6.20. The lowest BCUT2D eigenvalue weighted by Crippen LogP contribution is -2.49.